The van der Waals surface area contributed by atoms with Gasteiger partial charge in [0.05, 0.1) is 11.4 Å². The van der Waals surface area contributed by atoms with Gasteiger partial charge < -0.3 is 30.1 Å². The van der Waals surface area contributed by atoms with Crippen LogP contribution < -0.4 is 15.5 Å². The van der Waals surface area contributed by atoms with Crippen LogP contribution in [0, 0.1) is 5.92 Å². The second-order valence-corrected chi connectivity index (χ2v) is 10.1. The van der Waals surface area contributed by atoms with Crippen molar-refractivity contribution in [3.63, 3.8) is 0 Å². The minimum Gasteiger partial charge on any atom is -0.507 e. The van der Waals surface area contributed by atoms with Gasteiger partial charge in [-0.3, -0.25) is 0 Å². The molecule has 0 aliphatic carbocycles. The first-order chi connectivity index (χ1) is 18.1. The van der Waals surface area contributed by atoms with E-state index < -0.39 is 0 Å². The number of nitrogens with two attached hydrogens (primary N) is 1. The fourth-order valence-electron chi connectivity index (χ4n) is 5.80. The normalized spacial score (nSPS) is 18.9. The van der Waals surface area contributed by atoms with Crippen LogP contribution in [-0.2, 0) is 9.47 Å². The van der Waals surface area contributed by atoms with E-state index >= 15 is 0 Å². The van der Waals surface area contributed by atoms with E-state index in [1.54, 1.807) is 26.4 Å². The van der Waals surface area contributed by atoms with Crippen molar-refractivity contribution in [1.29, 1.82) is 0 Å². The second kappa shape index (κ2) is 11.4. The Hall–Kier alpha value is -3.36. The molecule has 5 rings (SSSR count). The van der Waals surface area contributed by atoms with Gasteiger partial charge in [0.2, 0.25) is 0 Å². The minimum atomic E-state index is -0.113. The van der Waals surface area contributed by atoms with E-state index in [0.29, 0.717) is 28.9 Å². The molecule has 2 aliphatic rings. The highest BCUT2D eigenvalue weighted by atomic mass is 16.7. The third-order valence-corrected chi connectivity index (χ3v) is 7.86. The molecule has 1 aromatic heterocycles. The molecule has 1 atom stereocenters. The highest BCUT2D eigenvalue weighted by Crippen LogP contribution is 2.36. The maximum absolute atomic E-state index is 10.3. The molecule has 2 fully saturated rings. The molecule has 37 heavy (non-hydrogen) atoms. The van der Waals surface area contributed by atoms with Crippen LogP contribution in [0.1, 0.15) is 37.2 Å². The Morgan fingerprint density at radius 2 is 1.65 bits per heavy atom. The average molecular weight is 504 g/mol. The molecule has 0 spiro atoms. The van der Waals surface area contributed by atoms with Gasteiger partial charge in [-0.25, -0.2) is 0 Å². The summed E-state index contributed by atoms with van der Waals surface area (Å²) in [6, 6.07) is 18.2. The van der Waals surface area contributed by atoms with E-state index in [1.807, 2.05) is 18.2 Å². The lowest BCUT2D eigenvalue weighted by Gasteiger charge is -2.37. The lowest BCUT2D eigenvalue weighted by atomic mass is 9.90. The van der Waals surface area contributed by atoms with Crippen LogP contribution in [0.4, 0.5) is 17.2 Å². The van der Waals surface area contributed by atoms with Gasteiger partial charge in [0.25, 0.3) is 0 Å². The van der Waals surface area contributed by atoms with Crippen molar-refractivity contribution in [1.82, 2.24) is 10.2 Å². The number of methoxy groups -OCH3 is 2. The summed E-state index contributed by atoms with van der Waals surface area (Å²) in [5.74, 6) is 1.47. The van der Waals surface area contributed by atoms with Crippen LogP contribution in [0.3, 0.4) is 0 Å². The molecule has 3 N–H and O–H groups in total. The van der Waals surface area contributed by atoms with Gasteiger partial charge in [-0.05, 0) is 61.6 Å². The lowest BCUT2D eigenvalue weighted by Crippen LogP contribution is -2.39. The average Bonchev–Trinajstić information content (AvgIpc) is 2.95. The second-order valence-electron chi connectivity index (χ2n) is 10.1. The summed E-state index contributed by atoms with van der Waals surface area (Å²) in [6.45, 7) is 3.82. The molecule has 3 heterocycles. The topological polar surface area (TPSA) is 97.0 Å². The summed E-state index contributed by atoms with van der Waals surface area (Å²) >= 11 is 0. The number of anilines is 3. The summed E-state index contributed by atoms with van der Waals surface area (Å²) in [5.41, 5.74) is 11.1. The maximum Gasteiger partial charge on any atom is 0.169 e. The van der Waals surface area contributed by atoms with Gasteiger partial charge in [-0.2, -0.15) is 0 Å². The molecule has 1 unspecified atom stereocenters. The fraction of sp³-hybridized carbons (Fsp3) is 0.448. The molecule has 3 aromatic rings. The molecular formula is C29H37N5O3. The lowest BCUT2D eigenvalue weighted by molar-refractivity contribution is -0.141. The third kappa shape index (κ3) is 5.50. The van der Waals surface area contributed by atoms with Crippen molar-refractivity contribution in [3.05, 3.63) is 60.2 Å². The summed E-state index contributed by atoms with van der Waals surface area (Å²) in [7, 11) is 3.44. The van der Waals surface area contributed by atoms with Crippen LogP contribution in [0.25, 0.3) is 11.3 Å². The Kier molecular flexibility index (Phi) is 7.76. The minimum absolute atomic E-state index is 0.113. The third-order valence-electron chi connectivity index (χ3n) is 7.86. The highest BCUT2D eigenvalue weighted by Gasteiger charge is 2.27. The standard InChI is InChI=1S/C29H37N5O3/c1-36-29(37-2)21-13-16-33(17-14-21)23-11-9-20(10-12-23)22-6-5-15-34(19-22)26-18-25(31-32-28(26)30)24-7-3-4-8-27(24)35/h3-4,7-12,18,21-22,29,35H,5-6,13-17,19H2,1-2H3,(H2,30,32). The van der Waals surface area contributed by atoms with Crippen LogP contribution >= 0.6 is 0 Å². The zero-order valence-electron chi connectivity index (χ0n) is 21.7. The van der Waals surface area contributed by atoms with Crippen LogP contribution in [0.5, 0.6) is 5.75 Å². The van der Waals surface area contributed by atoms with Crippen molar-refractivity contribution in [3.8, 4) is 17.0 Å². The Labute approximate surface area is 219 Å². The van der Waals surface area contributed by atoms with Gasteiger partial charge in [0, 0.05) is 63.5 Å². The zero-order valence-corrected chi connectivity index (χ0v) is 21.7. The summed E-state index contributed by atoms with van der Waals surface area (Å²) < 4.78 is 10.9. The van der Waals surface area contributed by atoms with Gasteiger partial charge in [0.1, 0.15) is 5.75 Å². The number of hydrogen-bond donors (Lipinski definition) is 2. The van der Waals surface area contributed by atoms with Gasteiger partial charge in [0.15, 0.2) is 12.1 Å². The molecule has 0 radical (unpaired) electrons. The number of para-hydroxylation sites is 1. The molecule has 8 heteroatoms. The van der Waals surface area contributed by atoms with Crippen molar-refractivity contribution >= 4 is 17.2 Å². The van der Waals surface area contributed by atoms with E-state index in [1.165, 1.54) is 11.3 Å². The number of aromatic nitrogens is 2. The number of benzene rings is 2. The first-order valence-corrected chi connectivity index (χ1v) is 13.1. The van der Waals surface area contributed by atoms with Crippen LogP contribution in [0.2, 0.25) is 0 Å². The number of nitrogen functional groups attached to an aromatic ring is 1. The van der Waals surface area contributed by atoms with Crippen molar-refractivity contribution in [2.75, 3.05) is 55.9 Å². The molecule has 2 aliphatic heterocycles. The maximum atomic E-state index is 10.3. The Morgan fingerprint density at radius 1 is 0.919 bits per heavy atom. The number of ether oxygens (including phenoxy) is 2. The zero-order chi connectivity index (χ0) is 25.8. The van der Waals surface area contributed by atoms with E-state index in [2.05, 4.69) is 44.3 Å². The summed E-state index contributed by atoms with van der Waals surface area (Å²) in [4.78, 5) is 4.77. The number of piperidine rings is 2. The largest absolute Gasteiger partial charge is 0.507 e. The van der Waals surface area contributed by atoms with Gasteiger partial charge >= 0.3 is 0 Å². The predicted molar refractivity (Wildman–Crippen MR) is 147 cm³/mol. The van der Waals surface area contributed by atoms with E-state index in [4.69, 9.17) is 15.2 Å². The number of rotatable bonds is 7. The number of phenolic OH excluding ortho intramolecular Hbond substituents is 1. The molecular weight excluding hydrogens is 466 g/mol. The first-order valence-electron chi connectivity index (χ1n) is 13.1. The van der Waals surface area contributed by atoms with E-state index in [9.17, 15) is 5.11 Å². The smallest absolute Gasteiger partial charge is 0.169 e. The van der Waals surface area contributed by atoms with Gasteiger partial charge in [-0.15, -0.1) is 10.2 Å². The van der Waals surface area contributed by atoms with Crippen LogP contribution in [-0.4, -0.2) is 62.0 Å². The van der Waals surface area contributed by atoms with Crippen molar-refractivity contribution < 1.29 is 14.6 Å². The molecule has 2 saturated heterocycles. The number of nitrogens with zero attached hydrogens (tertiary/aromatic N) is 4. The fourth-order valence-corrected chi connectivity index (χ4v) is 5.80. The monoisotopic (exact) mass is 503 g/mol. The van der Waals surface area contributed by atoms with Crippen LogP contribution in [0.15, 0.2) is 54.6 Å². The number of hydrogen-bond acceptors (Lipinski definition) is 8. The van der Waals surface area contributed by atoms with E-state index in [-0.39, 0.29) is 12.0 Å². The van der Waals surface area contributed by atoms with Crippen molar-refractivity contribution in [2.45, 2.75) is 37.9 Å². The molecule has 0 saturated carbocycles. The molecule has 196 valence electrons. The summed E-state index contributed by atoms with van der Waals surface area (Å²) in [6.07, 6.45) is 4.23. The molecule has 0 amide bonds. The molecule has 0 bridgehead atoms. The SMILES string of the molecule is COC(OC)C1CCN(c2ccc(C3CCCN(c4cc(-c5ccccc5O)nnc4N)C3)cc2)CC1. The first kappa shape index (κ1) is 25.3. The Bertz CT molecular complexity index is 1180. The van der Waals surface area contributed by atoms with Gasteiger partial charge in [-0.1, -0.05) is 24.3 Å². The summed E-state index contributed by atoms with van der Waals surface area (Å²) in [5, 5.41) is 18.7. The number of phenols is 1. The quantitative estimate of drug-likeness (QED) is 0.450. The van der Waals surface area contributed by atoms with E-state index in [0.717, 1.165) is 57.5 Å². The number of aromatic hydroxyl groups is 1. The Balaban J connectivity index is 1.26. The molecule has 2 aromatic carbocycles. The predicted octanol–water partition coefficient (Wildman–Crippen LogP) is 4.65. The van der Waals surface area contributed by atoms with Crippen molar-refractivity contribution in [2.24, 2.45) is 5.92 Å². The Morgan fingerprint density at radius 3 is 2.35 bits per heavy atom. The molecule has 8 nitrogen and oxygen atoms in total. The highest BCUT2D eigenvalue weighted by molar-refractivity contribution is 5.74.